The molecular weight excluding hydrogens is 460 g/mol. The van der Waals surface area contributed by atoms with Crippen molar-refractivity contribution in [1.82, 2.24) is 20.0 Å². The van der Waals surface area contributed by atoms with E-state index < -0.39 is 5.66 Å². The Kier molecular flexibility index (Phi) is 8.13. The third-order valence-corrected chi connectivity index (χ3v) is 7.97. The summed E-state index contributed by atoms with van der Waals surface area (Å²) in [7, 11) is 4.13. The SMILES string of the molecule is CN(C)C1=CC(N)(C2CCC(OCc3ccccc3)CC2)N=C(N2CCN(Cc3ccccc3)CC2)N1. The molecule has 0 amide bonds. The summed E-state index contributed by atoms with van der Waals surface area (Å²) in [6.45, 7) is 5.58. The van der Waals surface area contributed by atoms with E-state index >= 15 is 0 Å². The highest BCUT2D eigenvalue weighted by Gasteiger charge is 2.40. The van der Waals surface area contributed by atoms with Gasteiger partial charge in [-0.2, -0.15) is 0 Å². The van der Waals surface area contributed by atoms with Crippen molar-refractivity contribution in [3.8, 4) is 0 Å². The molecule has 2 heterocycles. The van der Waals surface area contributed by atoms with E-state index in [1.165, 1.54) is 11.1 Å². The first-order valence-electron chi connectivity index (χ1n) is 13.7. The van der Waals surface area contributed by atoms with E-state index in [-0.39, 0.29) is 0 Å². The van der Waals surface area contributed by atoms with Crippen LogP contribution in [0.1, 0.15) is 36.8 Å². The van der Waals surface area contributed by atoms with Gasteiger partial charge >= 0.3 is 0 Å². The molecular formula is C30H42N6O. The fourth-order valence-electron chi connectivity index (χ4n) is 5.65. The third kappa shape index (κ3) is 6.53. The molecule has 37 heavy (non-hydrogen) atoms. The highest BCUT2D eigenvalue weighted by molar-refractivity contribution is 5.83. The minimum atomic E-state index is -0.703. The number of piperazine rings is 1. The van der Waals surface area contributed by atoms with Crippen molar-refractivity contribution < 1.29 is 4.74 Å². The van der Waals surface area contributed by atoms with Gasteiger partial charge in [-0.15, -0.1) is 0 Å². The monoisotopic (exact) mass is 502 g/mol. The van der Waals surface area contributed by atoms with E-state index in [9.17, 15) is 0 Å². The van der Waals surface area contributed by atoms with Crippen LogP contribution in [0.5, 0.6) is 0 Å². The number of guanidine groups is 1. The Morgan fingerprint density at radius 1 is 0.919 bits per heavy atom. The number of ether oxygens (including phenoxy) is 1. The molecule has 0 bridgehead atoms. The molecule has 1 saturated heterocycles. The lowest BCUT2D eigenvalue weighted by Crippen LogP contribution is -2.58. The van der Waals surface area contributed by atoms with Gasteiger partial charge in [-0.1, -0.05) is 60.7 Å². The highest BCUT2D eigenvalue weighted by Crippen LogP contribution is 2.36. The molecule has 0 radical (unpaired) electrons. The normalized spacial score (nSPS) is 26.7. The average molecular weight is 503 g/mol. The lowest BCUT2D eigenvalue weighted by Gasteiger charge is -2.43. The van der Waals surface area contributed by atoms with Crippen LogP contribution in [0, 0.1) is 5.92 Å². The number of rotatable bonds is 7. The first kappa shape index (κ1) is 25.8. The lowest BCUT2D eigenvalue weighted by molar-refractivity contribution is 0.00116. The second kappa shape index (κ2) is 11.7. The summed E-state index contributed by atoms with van der Waals surface area (Å²) in [6, 6.07) is 21.2. The van der Waals surface area contributed by atoms with Crippen LogP contribution in [0.2, 0.25) is 0 Å². The van der Waals surface area contributed by atoms with Crippen LogP contribution >= 0.6 is 0 Å². The molecule has 1 aliphatic carbocycles. The molecule has 2 aliphatic heterocycles. The minimum absolute atomic E-state index is 0.292. The van der Waals surface area contributed by atoms with Gasteiger partial charge in [-0.25, -0.2) is 4.99 Å². The smallest absolute Gasteiger partial charge is 0.201 e. The molecule has 1 saturated carbocycles. The standard InChI is InChI=1S/C30H42N6O/c1-34(2)28-21-30(31,26-13-15-27(16-14-26)37-23-25-11-7-4-8-12-25)33-29(32-28)36-19-17-35(18-20-36)22-24-9-5-3-6-10-24/h3-12,21,26-27H,13-20,22-23,31H2,1-2H3,(H,32,33). The molecule has 3 N–H and O–H groups in total. The fourth-order valence-corrected chi connectivity index (χ4v) is 5.65. The number of nitrogens with two attached hydrogens (primary N) is 1. The van der Waals surface area contributed by atoms with E-state index in [1.807, 2.05) is 6.07 Å². The van der Waals surface area contributed by atoms with Crippen molar-refractivity contribution in [2.24, 2.45) is 16.6 Å². The van der Waals surface area contributed by atoms with Crippen LogP contribution in [0.15, 0.2) is 77.6 Å². The Balaban J connectivity index is 1.20. The minimum Gasteiger partial charge on any atom is -0.374 e. The number of nitrogens with zero attached hydrogens (tertiary/aromatic N) is 4. The molecule has 5 rings (SSSR count). The van der Waals surface area contributed by atoms with E-state index in [1.54, 1.807) is 0 Å². The number of aliphatic imine (C=N–C) groups is 1. The van der Waals surface area contributed by atoms with Crippen molar-refractivity contribution in [3.05, 3.63) is 83.7 Å². The molecule has 198 valence electrons. The summed E-state index contributed by atoms with van der Waals surface area (Å²) in [5.41, 5.74) is 8.99. The first-order chi connectivity index (χ1) is 18.0. The summed E-state index contributed by atoms with van der Waals surface area (Å²) in [4.78, 5) is 12.2. The second-order valence-corrected chi connectivity index (χ2v) is 10.9. The van der Waals surface area contributed by atoms with Crippen LogP contribution in [-0.4, -0.2) is 72.7 Å². The topological polar surface area (TPSA) is 69.4 Å². The van der Waals surface area contributed by atoms with Gasteiger partial charge in [0, 0.05) is 52.7 Å². The number of nitrogens with one attached hydrogen (secondary N) is 1. The molecule has 2 fully saturated rings. The zero-order valence-corrected chi connectivity index (χ0v) is 22.4. The van der Waals surface area contributed by atoms with Crippen molar-refractivity contribution in [2.75, 3.05) is 40.3 Å². The third-order valence-electron chi connectivity index (χ3n) is 7.97. The van der Waals surface area contributed by atoms with Gasteiger partial charge in [0.05, 0.1) is 12.7 Å². The van der Waals surface area contributed by atoms with Crippen molar-refractivity contribution in [2.45, 2.75) is 50.6 Å². The van der Waals surface area contributed by atoms with Gasteiger partial charge in [0.2, 0.25) is 5.96 Å². The molecule has 0 aromatic heterocycles. The van der Waals surface area contributed by atoms with Gasteiger partial charge in [0.25, 0.3) is 0 Å². The second-order valence-electron chi connectivity index (χ2n) is 10.9. The fraction of sp³-hybridized carbons (Fsp3) is 0.500. The summed E-state index contributed by atoms with van der Waals surface area (Å²) in [5, 5.41) is 3.57. The van der Waals surface area contributed by atoms with Gasteiger partial charge in [-0.05, 0) is 42.9 Å². The Bertz CT molecular complexity index is 1060. The lowest BCUT2D eigenvalue weighted by atomic mass is 9.78. The van der Waals surface area contributed by atoms with Crippen LogP contribution < -0.4 is 11.1 Å². The van der Waals surface area contributed by atoms with Gasteiger partial charge in [0.15, 0.2) is 0 Å². The Morgan fingerprint density at radius 2 is 1.54 bits per heavy atom. The predicted molar refractivity (Wildman–Crippen MR) is 150 cm³/mol. The zero-order valence-electron chi connectivity index (χ0n) is 22.4. The molecule has 7 nitrogen and oxygen atoms in total. The zero-order chi connectivity index (χ0) is 25.7. The molecule has 2 aromatic rings. The summed E-state index contributed by atoms with van der Waals surface area (Å²) in [6.07, 6.45) is 6.53. The maximum absolute atomic E-state index is 7.09. The Morgan fingerprint density at radius 3 is 2.16 bits per heavy atom. The van der Waals surface area contributed by atoms with Crippen LogP contribution in [-0.2, 0) is 17.9 Å². The van der Waals surface area contributed by atoms with Crippen molar-refractivity contribution in [3.63, 3.8) is 0 Å². The summed E-state index contributed by atoms with van der Waals surface area (Å²) >= 11 is 0. The van der Waals surface area contributed by atoms with Crippen LogP contribution in [0.25, 0.3) is 0 Å². The molecule has 3 aliphatic rings. The van der Waals surface area contributed by atoms with Gasteiger partial charge < -0.3 is 25.6 Å². The van der Waals surface area contributed by atoms with E-state index in [2.05, 4.69) is 94.8 Å². The quantitative estimate of drug-likeness (QED) is 0.603. The van der Waals surface area contributed by atoms with E-state index in [0.29, 0.717) is 18.6 Å². The predicted octanol–water partition coefficient (Wildman–Crippen LogP) is 3.60. The molecule has 0 spiro atoms. The number of benzene rings is 2. The molecule has 1 unspecified atom stereocenters. The average Bonchev–Trinajstić information content (AvgIpc) is 2.93. The molecule has 7 heteroatoms. The summed E-state index contributed by atoms with van der Waals surface area (Å²) < 4.78 is 6.24. The van der Waals surface area contributed by atoms with Crippen LogP contribution in [0.3, 0.4) is 0 Å². The maximum atomic E-state index is 7.09. The van der Waals surface area contributed by atoms with Crippen molar-refractivity contribution in [1.29, 1.82) is 0 Å². The maximum Gasteiger partial charge on any atom is 0.201 e. The van der Waals surface area contributed by atoms with Gasteiger partial charge in [-0.3, -0.25) is 4.90 Å². The number of hydrogen-bond acceptors (Lipinski definition) is 7. The largest absolute Gasteiger partial charge is 0.374 e. The Labute approximate surface area is 222 Å². The number of hydrogen-bond donors (Lipinski definition) is 2. The van der Waals surface area contributed by atoms with E-state index in [0.717, 1.165) is 70.2 Å². The van der Waals surface area contributed by atoms with Gasteiger partial charge in [0.1, 0.15) is 11.5 Å². The van der Waals surface area contributed by atoms with Crippen LogP contribution in [0.4, 0.5) is 0 Å². The molecule has 1 atom stereocenters. The molecule has 2 aromatic carbocycles. The Hall–Kier alpha value is -2.87. The highest BCUT2D eigenvalue weighted by atomic mass is 16.5. The summed E-state index contributed by atoms with van der Waals surface area (Å²) in [5.74, 6) is 2.24. The van der Waals surface area contributed by atoms with Crippen molar-refractivity contribution >= 4 is 5.96 Å². The first-order valence-corrected chi connectivity index (χ1v) is 13.7. The van der Waals surface area contributed by atoms with E-state index in [4.69, 9.17) is 15.5 Å².